The fourth-order valence-electron chi connectivity index (χ4n) is 3.33. The van der Waals surface area contributed by atoms with E-state index in [-0.39, 0.29) is 12.0 Å². The van der Waals surface area contributed by atoms with Gasteiger partial charge in [0.1, 0.15) is 6.10 Å². The molecule has 0 saturated carbocycles. The molecule has 1 aliphatic heterocycles. The molecule has 0 N–H and O–H groups in total. The number of amides is 1. The van der Waals surface area contributed by atoms with E-state index in [1.54, 1.807) is 18.5 Å². The predicted molar refractivity (Wildman–Crippen MR) is 103 cm³/mol. The highest BCUT2D eigenvalue weighted by molar-refractivity contribution is 5.94. The minimum atomic E-state index is -0.0753. The second kappa shape index (κ2) is 7.99. The van der Waals surface area contributed by atoms with Gasteiger partial charge in [-0.1, -0.05) is 42.5 Å². The highest BCUT2D eigenvalue weighted by atomic mass is 16.5. The number of carbonyl (C=O) groups excluding carboxylic acids is 1. The van der Waals surface area contributed by atoms with E-state index in [0.29, 0.717) is 18.1 Å². The zero-order chi connectivity index (χ0) is 18.5. The van der Waals surface area contributed by atoms with Gasteiger partial charge in [0.15, 0.2) is 0 Å². The molecule has 0 spiro atoms. The van der Waals surface area contributed by atoms with Crippen LogP contribution in [-0.2, 0) is 0 Å². The normalized spacial score (nSPS) is 16.7. The molecule has 3 aromatic rings. The second-order valence-electron chi connectivity index (χ2n) is 6.61. The standard InChI is InChI=1S/C22H21N3O2/c26-21(19-11-9-18(10-12-19)17-6-2-1-3-7-17)25-15-4-8-20(16-25)27-22-23-13-5-14-24-22/h1-3,5-7,9-14,20H,4,8,15-16H2. The lowest BCUT2D eigenvalue weighted by molar-refractivity contribution is 0.0516. The largest absolute Gasteiger partial charge is 0.458 e. The van der Waals surface area contributed by atoms with Crippen LogP contribution in [-0.4, -0.2) is 40.0 Å². The SMILES string of the molecule is O=C(c1ccc(-c2ccccc2)cc1)N1CCCC(Oc2ncccn2)C1. The fourth-order valence-corrected chi connectivity index (χ4v) is 3.33. The maximum atomic E-state index is 12.9. The summed E-state index contributed by atoms with van der Waals surface area (Å²) < 4.78 is 5.83. The summed E-state index contributed by atoms with van der Waals surface area (Å²) >= 11 is 0. The molecular formula is C22H21N3O2. The van der Waals surface area contributed by atoms with Gasteiger partial charge in [-0.2, -0.15) is 0 Å². The van der Waals surface area contributed by atoms with Crippen molar-refractivity contribution in [2.24, 2.45) is 0 Å². The Bertz CT molecular complexity index is 882. The third-order valence-corrected chi connectivity index (χ3v) is 4.72. The van der Waals surface area contributed by atoms with Crippen molar-refractivity contribution in [1.29, 1.82) is 0 Å². The minimum Gasteiger partial charge on any atom is -0.458 e. The van der Waals surface area contributed by atoms with E-state index in [1.165, 1.54) is 0 Å². The summed E-state index contributed by atoms with van der Waals surface area (Å²) in [5, 5.41) is 0. The molecule has 0 aliphatic carbocycles. The number of hydrogen-bond acceptors (Lipinski definition) is 4. The average molecular weight is 359 g/mol. The van der Waals surface area contributed by atoms with Gasteiger partial charge < -0.3 is 9.64 Å². The maximum absolute atomic E-state index is 12.9. The third kappa shape index (κ3) is 4.14. The number of hydrogen-bond donors (Lipinski definition) is 0. The average Bonchev–Trinajstić information content (AvgIpc) is 2.75. The molecule has 1 unspecified atom stereocenters. The Morgan fingerprint density at radius 1 is 0.926 bits per heavy atom. The van der Waals surface area contributed by atoms with Gasteiger partial charge >= 0.3 is 6.01 Å². The molecule has 1 amide bonds. The summed E-state index contributed by atoms with van der Waals surface area (Å²) in [6.45, 7) is 1.30. The van der Waals surface area contributed by atoms with Gasteiger partial charge in [-0.15, -0.1) is 0 Å². The van der Waals surface area contributed by atoms with Crippen molar-refractivity contribution in [3.8, 4) is 17.1 Å². The van der Waals surface area contributed by atoms with Gasteiger partial charge in [-0.05, 0) is 42.2 Å². The molecular weight excluding hydrogens is 338 g/mol. The zero-order valence-corrected chi connectivity index (χ0v) is 15.0. The van der Waals surface area contributed by atoms with E-state index in [0.717, 1.165) is 30.5 Å². The molecule has 1 aliphatic rings. The molecule has 5 nitrogen and oxygen atoms in total. The van der Waals surface area contributed by atoms with Crippen molar-refractivity contribution in [2.45, 2.75) is 18.9 Å². The molecule has 136 valence electrons. The van der Waals surface area contributed by atoms with Gasteiger partial charge in [-0.3, -0.25) is 4.79 Å². The fraction of sp³-hybridized carbons (Fsp3) is 0.227. The topological polar surface area (TPSA) is 55.3 Å². The van der Waals surface area contributed by atoms with Crippen molar-refractivity contribution in [3.05, 3.63) is 78.6 Å². The van der Waals surface area contributed by atoms with E-state index in [4.69, 9.17) is 4.74 Å². The van der Waals surface area contributed by atoms with Crippen LogP contribution in [0.1, 0.15) is 23.2 Å². The highest BCUT2D eigenvalue weighted by Crippen LogP contribution is 2.21. The molecule has 2 heterocycles. The lowest BCUT2D eigenvalue weighted by Crippen LogP contribution is -2.44. The lowest BCUT2D eigenvalue weighted by Gasteiger charge is -2.32. The number of carbonyl (C=O) groups is 1. The quantitative estimate of drug-likeness (QED) is 0.710. The number of piperidine rings is 1. The van der Waals surface area contributed by atoms with E-state index in [1.807, 2.05) is 47.4 Å². The summed E-state index contributed by atoms with van der Waals surface area (Å²) in [6.07, 6.45) is 5.04. The summed E-state index contributed by atoms with van der Waals surface area (Å²) in [4.78, 5) is 22.9. The van der Waals surface area contributed by atoms with Gasteiger partial charge in [0.25, 0.3) is 5.91 Å². The summed E-state index contributed by atoms with van der Waals surface area (Å²) in [5.41, 5.74) is 2.95. The Kier molecular flexibility index (Phi) is 5.10. The van der Waals surface area contributed by atoms with Crippen molar-refractivity contribution in [1.82, 2.24) is 14.9 Å². The first-order valence-electron chi connectivity index (χ1n) is 9.18. The van der Waals surface area contributed by atoms with Gasteiger partial charge in [-0.25, -0.2) is 9.97 Å². The smallest absolute Gasteiger partial charge is 0.316 e. The van der Waals surface area contributed by atoms with E-state index in [9.17, 15) is 4.79 Å². The van der Waals surface area contributed by atoms with Crippen LogP contribution in [0.15, 0.2) is 73.1 Å². The summed E-state index contributed by atoms with van der Waals surface area (Å²) in [7, 11) is 0. The molecule has 1 saturated heterocycles. The summed E-state index contributed by atoms with van der Waals surface area (Å²) in [6, 6.07) is 20.1. The first-order valence-corrected chi connectivity index (χ1v) is 9.18. The summed E-state index contributed by atoms with van der Waals surface area (Å²) in [5.74, 6) is 0.0388. The van der Waals surface area contributed by atoms with Gasteiger partial charge in [0.2, 0.25) is 0 Å². The van der Waals surface area contributed by atoms with Crippen LogP contribution in [0, 0.1) is 0 Å². The van der Waals surface area contributed by atoms with Crippen molar-refractivity contribution in [2.75, 3.05) is 13.1 Å². The highest BCUT2D eigenvalue weighted by Gasteiger charge is 2.26. The van der Waals surface area contributed by atoms with Crippen LogP contribution in [0.3, 0.4) is 0 Å². The Labute approximate surface area is 158 Å². The maximum Gasteiger partial charge on any atom is 0.316 e. The zero-order valence-electron chi connectivity index (χ0n) is 15.0. The number of benzene rings is 2. The molecule has 1 fully saturated rings. The molecule has 0 bridgehead atoms. The monoisotopic (exact) mass is 359 g/mol. The van der Waals surface area contributed by atoms with E-state index in [2.05, 4.69) is 22.1 Å². The predicted octanol–water partition coefficient (Wildman–Crippen LogP) is 3.83. The number of rotatable bonds is 4. The molecule has 0 radical (unpaired) electrons. The van der Waals surface area contributed by atoms with Crippen LogP contribution in [0.25, 0.3) is 11.1 Å². The second-order valence-corrected chi connectivity index (χ2v) is 6.61. The van der Waals surface area contributed by atoms with Crippen LogP contribution in [0.4, 0.5) is 0 Å². The van der Waals surface area contributed by atoms with Crippen LogP contribution >= 0.6 is 0 Å². The molecule has 27 heavy (non-hydrogen) atoms. The van der Waals surface area contributed by atoms with Crippen LogP contribution in [0.5, 0.6) is 6.01 Å². The van der Waals surface area contributed by atoms with Gasteiger partial charge in [0, 0.05) is 24.5 Å². The molecule has 5 heteroatoms. The van der Waals surface area contributed by atoms with Crippen molar-refractivity contribution >= 4 is 5.91 Å². The molecule has 2 aromatic carbocycles. The van der Waals surface area contributed by atoms with Gasteiger partial charge in [0.05, 0.1) is 6.54 Å². The first kappa shape index (κ1) is 17.2. The number of aromatic nitrogens is 2. The third-order valence-electron chi connectivity index (χ3n) is 4.72. The Hall–Kier alpha value is -3.21. The number of likely N-dealkylation sites (tertiary alicyclic amines) is 1. The Balaban J connectivity index is 1.42. The van der Waals surface area contributed by atoms with E-state index >= 15 is 0 Å². The number of nitrogens with zero attached hydrogens (tertiary/aromatic N) is 3. The Morgan fingerprint density at radius 2 is 1.63 bits per heavy atom. The minimum absolute atomic E-state index is 0.0388. The van der Waals surface area contributed by atoms with E-state index < -0.39 is 0 Å². The van der Waals surface area contributed by atoms with Crippen LogP contribution < -0.4 is 4.74 Å². The molecule has 4 rings (SSSR count). The number of ether oxygens (including phenoxy) is 1. The lowest BCUT2D eigenvalue weighted by atomic mass is 10.0. The van der Waals surface area contributed by atoms with Crippen LogP contribution in [0.2, 0.25) is 0 Å². The van der Waals surface area contributed by atoms with Crippen molar-refractivity contribution < 1.29 is 9.53 Å². The Morgan fingerprint density at radius 3 is 2.37 bits per heavy atom. The van der Waals surface area contributed by atoms with Crippen molar-refractivity contribution in [3.63, 3.8) is 0 Å². The first-order chi connectivity index (χ1) is 13.3. The molecule has 1 atom stereocenters. The molecule has 1 aromatic heterocycles.